The van der Waals surface area contributed by atoms with Gasteiger partial charge in [0.2, 0.25) is 0 Å². The van der Waals surface area contributed by atoms with Gasteiger partial charge in [-0.25, -0.2) is 0 Å². The molecule has 0 aliphatic rings. The topological polar surface area (TPSA) is 32.3 Å². The molecule has 72 valence electrons. The third-order valence-corrected chi connectivity index (χ3v) is 2.40. The summed E-state index contributed by atoms with van der Waals surface area (Å²) in [5.41, 5.74) is 1.06. The smallest absolute Gasteiger partial charge is 0.0684 e. The number of aliphatic hydroxyl groups excluding tert-OH is 1. The molecule has 0 aromatic heterocycles. The normalized spacial score (nSPS) is 12.5. The summed E-state index contributed by atoms with van der Waals surface area (Å²) in [7, 11) is 0. The van der Waals surface area contributed by atoms with Crippen molar-refractivity contribution in [2.45, 2.75) is 17.9 Å². The fourth-order valence-electron chi connectivity index (χ4n) is 0.999. The lowest BCUT2D eigenvalue weighted by Crippen LogP contribution is -2.15. The highest BCUT2D eigenvalue weighted by Gasteiger charge is 1.96. The van der Waals surface area contributed by atoms with Gasteiger partial charge in [0.05, 0.1) is 6.10 Å². The maximum Gasteiger partial charge on any atom is 0.0684 e. The van der Waals surface area contributed by atoms with Crippen molar-refractivity contribution in [1.82, 2.24) is 0 Å². The molecule has 0 bridgehead atoms. The fraction of sp³-hybridized carbons (Fsp3) is 0.400. The lowest BCUT2D eigenvalue weighted by Gasteiger charge is -2.08. The van der Waals surface area contributed by atoms with Crippen molar-refractivity contribution in [2.24, 2.45) is 0 Å². The van der Waals surface area contributed by atoms with Crippen molar-refractivity contribution < 1.29 is 5.11 Å². The van der Waals surface area contributed by atoms with Gasteiger partial charge < -0.3 is 10.4 Å². The van der Waals surface area contributed by atoms with E-state index in [0.717, 1.165) is 5.69 Å². The van der Waals surface area contributed by atoms with E-state index in [1.165, 1.54) is 4.90 Å². The molecule has 1 aromatic carbocycles. The molecule has 1 aromatic rings. The Balaban J connectivity index is 2.56. The second-order valence-corrected chi connectivity index (χ2v) is 3.84. The van der Waals surface area contributed by atoms with E-state index in [-0.39, 0.29) is 6.10 Å². The lowest BCUT2D eigenvalue weighted by molar-refractivity contribution is 0.208. The first-order valence-electron chi connectivity index (χ1n) is 4.28. The maximum atomic E-state index is 9.07. The summed E-state index contributed by atoms with van der Waals surface area (Å²) in [5.74, 6) is 0. The van der Waals surface area contributed by atoms with E-state index >= 15 is 0 Å². The van der Waals surface area contributed by atoms with E-state index in [0.29, 0.717) is 6.54 Å². The minimum Gasteiger partial charge on any atom is -0.392 e. The van der Waals surface area contributed by atoms with Crippen molar-refractivity contribution in [3.8, 4) is 0 Å². The van der Waals surface area contributed by atoms with Crippen LogP contribution in [-0.2, 0) is 0 Å². The largest absolute Gasteiger partial charge is 0.392 e. The molecule has 0 radical (unpaired) electrons. The number of aliphatic hydroxyl groups is 1. The summed E-state index contributed by atoms with van der Waals surface area (Å²) in [4.78, 5) is 1.23. The van der Waals surface area contributed by atoms with Crippen LogP contribution in [0.25, 0.3) is 0 Å². The SMILES string of the molecule is CSc1cccc(NC[C@H](C)O)c1. The van der Waals surface area contributed by atoms with Crippen LogP contribution < -0.4 is 5.32 Å². The summed E-state index contributed by atoms with van der Waals surface area (Å²) in [5, 5.41) is 12.2. The van der Waals surface area contributed by atoms with Crippen LogP contribution in [0, 0.1) is 0 Å². The van der Waals surface area contributed by atoms with Gasteiger partial charge in [-0.1, -0.05) is 6.07 Å². The minimum absolute atomic E-state index is 0.307. The predicted molar refractivity (Wildman–Crippen MR) is 58.4 cm³/mol. The Morgan fingerprint density at radius 1 is 1.54 bits per heavy atom. The van der Waals surface area contributed by atoms with Crippen molar-refractivity contribution in [3.05, 3.63) is 24.3 Å². The molecule has 3 heteroatoms. The monoisotopic (exact) mass is 197 g/mol. The highest BCUT2D eigenvalue weighted by atomic mass is 32.2. The van der Waals surface area contributed by atoms with Gasteiger partial charge in [0.15, 0.2) is 0 Å². The zero-order valence-electron chi connectivity index (χ0n) is 7.95. The molecule has 0 fully saturated rings. The zero-order chi connectivity index (χ0) is 9.68. The molecule has 0 aliphatic carbocycles. The summed E-state index contributed by atoms with van der Waals surface area (Å²) in [6.07, 6.45) is 1.74. The summed E-state index contributed by atoms with van der Waals surface area (Å²) >= 11 is 1.71. The van der Waals surface area contributed by atoms with Gasteiger partial charge in [-0.2, -0.15) is 0 Å². The Morgan fingerprint density at radius 3 is 2.92 bits per heavy atom. The van der Waals surface area contributed by atoms with Gasteiger partial charge in [-0.05, 0) is 31.4 Å². The van der Waals surface area contributed by atoms with E-state index < -0.39 is 0 Å². The number of anilines is 1. The van der Waals surface area contributed by atoms with Crippen LogP contribution in [0.5, 0.6) is 0 Å². The summed E-state index contributed by atoms with van der Waals surface area (Å²) in [6, 6.07) is 8.16. The third-order valence-electron chi connectivity index (χ3n) is 1.67. The molecule has 1 rings (SSSR count). The molecule has 13 heavy (non-hydrogen) atoms. The van der Waals surface area contributed by atoms with Crippen LogP contribution >= 0.6 is 11.8 Å². The molecule has 0 saturated carbocycles. The first kappa shape index (κ1) is 10.4. The molecule has 0 amide bonds. The predicted octanol–water partition coefficient (Wildman–Crippen LogP) is 2.20. The van der Waals surface area contributed by atoms with E-state index in [2.05, 4.69) is 17.4 Å². The highest BCUT2D eigenvalue weighted by Crippen LogP contribution is 2.18. The standard InChI is InChI=1S/C10H15NOS/c1-8(12)7-11-9-4-3-5-10(6-9)13-2/h3-6,8,11-12H,7H2,1-2H3/t8-/m0/s1. The highest BCUT2D eigenvalue weighted by molar-refractivity contribution is 7.98. The second-order valence-electron chi connectivity index (χ2n) is 2.96. The van der Waals surface area contributed by atoms with Gasteiger partial charge in [-0.15, -0.1) is 11.8 Å². The van der Waals surface area contributed by atoms with E-state index in [4.69, 9.17) is 5.11 Å². The van der Waals surface area contributed by atoms with Crippen LogP contribution in [0.3, 0.4) is 0 Å². The zero-order valence-corrected chi connectivity index (χ0v) is 8.77. The van der Waals surface area contributed by atoms with Crippen molar-refractivity contribution >= 4 is 17.4 Å². The van der Waals surface area contributed by atoms with Gasteiger partial charge in [0, 0.05) is 17.1 Å². The number of benzene rings is 1. The Morgan fingerprint density at radius 2 is 2.31 bits per heavy atom. The maximum absolute atomic E-state index is 9.07. The van der Waals surface area contributed by atoms with E-state index in [1.54, 1.807) is 18.7 Å². The number of hydrogen-bond acceptors (Lipinski definition) is 3. The third kappa shape index (κ3) is 3.70. The average Bonchev–Trinajstić information content (AvgIpc) is 2.15. The average molecular weight is 197 g/mol. The van der Waals surface area contributed by atoms with Gasteiger partial charge >= 0.3 is 0 Å². The second kappa shape index (κ2) is 5.14. The minimum atomic E-state index is -0.307. The Hall–Kier alpha value is -0.670. The number of rotatable bonds is 4. The molecule has 0 saturated heterocycles. The quantitative estimate of drug-likeness (QED) is 0.726. The van der Waals surface area contributed by atoms with E-state index in [1.807, 2.05) is 18.4 Å². The van der Waals surface area contributed by atoms with Crippen LogP contribution in [0.4, 0.5) is 5.69 Å². The summed E-state index contributed by atoms with van der Waals surface area (Å²) < 4.78 is 0. The first-order valence-corrected chi connectivity index (χ1v) is 5.51. The Labute approximate surface area is 83.4 Å². The van der Waals surface area contributed by atoms with Crippen molar-refractivity contribution in [1.29, 1.82) is 0 Å². The molecule has 0 unspecified atom stereocenters. The Kier molecular flexibility index (Phi) is 4.12. The van der Waals surface area contributed by atoms with Crippen LogP contribution in [0.1, 0.15) is 6.92 Å². The molecule has 2 nitrogen and oxygen atoms in total. The fourth-order valence-corrected chi connectivity index (χ4v) is 1.46. The van der Waals surface area contributed by atoms with Crippen molar-refractivity contribution in [3.63, 3.8) is 0 Å². The molecule has 0 spiro atoms. The van der Waals surface area contributed by atoms with Gasteiger partial charge in [0.1, 0.15) is 0 Å². The molecular formula is C10H15NOS. The molecular weight excluding hydrogens is 182 g/mol. The molecule has 0 aliphatic heterocycles. The first-order chi connectivity index (χ1) is 6.22. The van der Waals surface area contributed by atoms with Gasteiger partial charge in [-0.3, -0.25) is 0 Å². The molecule has 1 atom stereocenters. The number of hydrogen-bond donors (Lipinski definition) is 2. The Bertz CT molecular complexity index is 263. The van der Waals surface area contributed by atoms with Crippen LogP contribution in [0.15, 0.2) is 29.2 Å². The van der Waals surface area contributed by atoms with Crippen LogP contribution in [0.2, 0.25) is 0 Å². The van der Waals surface area contributed by atoms with Crippen LogP contribution in [-0.4, -0.2) is 24.0 Å². The molecule has 0 heterocycles. The van der Waals surface area contributed by atoms with Gasteiger partial charge in [0.25, 0.3) is 0 Å². The molecule has 2 N–H and O–H groups in total. The number of thioether (sulfide) groups is 1. The lowest BCUT2D eigenvalue weighted by atomic mass is 10.3. The number of nitrogens with one attached hydrogen (secondary N) is 1. The summed E-state index contributed by atoms with van der Waals surface area (Å²) in [6.45, 7) is 2.36. The van der Waals surface area contributed by atoms with E-state index in [9.17, 15) is 0 Å². The van der Waals surface area contributed by atoms with Crippen molar-refractivity contribution in [2.75, 3.05) is 18.1 Å².